The SMILES string of the molecule is O=C(c1nnc(NCCc2ccc(Cl)cc2)o1)c1nc2ccc(-c3ccc(F)cc3)cc2s1. The van der Waals surface area contributed by atoms with E-state index in [1.165, 1.54) is 23.5 Å². The van der Waals surface area contributed by atoms with Crippen molar-refractivity contribution in [2.45, 2.75) is 6.42 Å². The molecule has 6 nitrogen and oxygen atoms in total. The summed E-state index contributed by atoms with van der Waals surface area (Å²) in [6, 6.07) is 19.6. The van der Waals surface area contributed by atoms with Gasteiger partial charge in [-0.05, 0) is 59.5 Å². The third-order valence-corrected chi connectivity index (χ3v) is 6.25. The number of hydrogen-bond acceptors (Lipinski definition) is 7. The number of nitrogens with one attached hydrogen (secondary N) is 1. The predicted octanol–water partition coefficient (Wildman–Crippen LogP) is 6.02. The average Bonchev–Trinajstić information content (AvgIpc) is 3.47. The topological polar surface area (TPSA) is 80.9 Å². The molecule has 2 heterocycles. The van der Waals surface area contributed by atoms with Crippen molar-refractivity contribution in [3.63, 3.8) is 0 Å². The van der Waals surface area contributed by atoms with E-state index in [1.807, 2.05) is 42.5 Å². The number of aromatic nitrogens is 3. The van der Waals surface area contributed by atoms with Crippen LogP contribution in [0.5, 0.6) is 0 Å². The van der Waals surface area contributed by atoms with Crippen molar-refractivity contribution in [3.05, 3.63) is 94.0 Å². The van der Waals surface area contributed by atoms with Crippen molar-refractivity contribution in [3.8, 4) is 11.1 Å². The Bertz CT molecular complexity index is 1430. The van der Waals surface area contributed by atoms with Gasteiger partial charge in [-0.3, -0.25) is 4.79 Å². The van der Waals surface area contributed by atoms with E-state index in [1.54, 1.807) is 12.1 Å². The quantitative estimate of drug-likeness (QED) is 0.288. The lowest BCUT2D eigenvalue weighted by Crippen LogP contribution is -2.05. The summed E-state index contributed by atoms with van der Waals surface area (Å²) < 4.78 is 19.5. The van der Waals surface area contributed by atoms with Crippen molar-refractivity contribution in [2.75, 3.05) is 11.9 Å². The van der Waals surface area contributed by atoms with Gasteiger partial charge >= 0.3 is 6.01 Å². The number of rotatable bonds is 7. The lowest BCUT2D eigenvalue weighted by Gasteiger charge is -2.01. The fourth-order valence-electron chi connectivity index (χ4n) is 3.29. The van der Waals surface area contributed by atoms with Gasteiger partial charge in [-0.2, -0.15) is 0 Å². The molecule has 0 aliphatic rings. The van der Waals surface area contributed by atoms with E-state index in [0.717, 1.165) is 27.8 Å². The molecule has 0 aliphatic heterocycles. The second-order valence-corrected chi connectivity index (χ2v) is 8.72. The number of halogens is 2. The molecule has 3 aromatic carbocycles. The molecule has 1 N–H and O–H groups in total. The van der Waals surface area contributed by atoms with Crippen LogP contribution in [0, 0.1) is 5.82 Å². The zero-order valence-electron chi connectivity index (χ0n) is 17.1. The number of anilines is 1. The van der Waals surface area contributed by atoms with Crippen LogP contribution in [0.25, 0.3) is 21.3 Å². The second kappa shape index (κ2) is 9.09. The molecule has 5 rings (SSSR count). The Kier molecular flexibility index (Phi) is 5.85. The number of benzene rings is 3. The van der Waals surface area contributed by atoms with Gasteiger partial charge in [0.1, 0.15) is 5.82 Å². The molecule has 0 amide bonds. The van der Waals surface area contributed by atoms with Crippen LogP contribution in [-0.4, -0.2) is 27.5 Å². The van der Waals surface area contributed by atoms with Crippen LogP contribution in [0.15, 0.2) is 71.1 Å². The van der Waals surface area contributed by atoms with Gasteiger partial charge in [0.15, 0.2) is 5.01 Å². The largest absolute Gasteiger partial charge is 0.400 e. The summed E-state index contributed by atoms with van der Waals surface area (Å²) >= 11 is 7.14. The van der Waals surface area contributed by atoms with Crippen LogP contribution in [0.1, 0.15) is 21.3 Å². The summed E-state index contributed by atoms with van der Waals surface area (Å²) in [6.07, 6.45) is 0.733. The van der Waals surface area contributed by atoms with Crippen molar-refractivity contribution >= 4 is 45.0 Å². The molecule has 0 spiro atoms. The van der Waals surface area contributed by atoms with Crippen LogP contribution in [0.2, 0.25) is 5.02 Å². The summed E-state index contributed by atoms with van der Waals surface area (Å²) in [6.45, 7) is 0.560. The molecule has 2 aromatic heterocycles. The van der Waals surface area contributed by atoms with Gasteiger partial charge in [-0.1, -0.05) is 47.0 Å². The number of fused-ring (bicyclic) bond motifs is 1. The summed E-state index contributed by atoms with van der Waals surface area (Å²) in [5.74, 6) is -0.844. The first kappa shape index (κ1) is 21.2. The number of nitrogens with zero attached hydrogens (tertiary/aromatic N) is 3. The van der Waals surface area contributed by atoms with Crippen LogP contribution >= 0.6 is 22.9 Å². The Morgan fingerprint density at radius 2 is 1.76 bits per heavy atom. The molecule has 5 aromatic rings. The first-order valence-corrected chi connectivity index (χ1v) is 11.3. The molecule has 0 saturated carbocycles. The highest BCUT2D eigenvalue weighted by atomic mass is 35.5. The Morgan fingerprint density at radius 3 is 2.55 bits per heavy atom. The van der Waals surface area contributed by atoms with Crippen molar-refractivity contribution in [2.24, 2.45) is 0 Å². The van der Waals surface area contributed by atoms with Gasteiger partial charge < -0.3 is 9.73 Å². The molecule has 0 fully saturated rings. The Labute approximate surface area is 197 Å². The molecular weight excluding hydrogens is 463 g/mol. The zero-order valence-corrected chi connectivity index (χ0v) is 18.7. The van der Waals surface area contributed by atoms with E-state index >= 15 is 0 Å². The molecule has 164 valence electrons. The maximum atomic E-state index is 13.2. The number of ketones is 1. The highest BCUT2D eigenvalue weighted by Gasteiger charge is 2.21. The third-order valence-electron chi connectivity index (χ3n) is 4.98. The highest BCUT2D eigenvalue weighted by Crippen LogP contribution is 2.29. The van der Waals surface area contributed by atoms with E-state index < -0.39 is 5.78 Å². The summed E-state index contributed by atoms with van der Waals surface area (Å²) in [4.78, 5) is 17.2. The molecule has 9 heteroatoms. The minimum absolute atomic E-state index is 0.123. The van der Waals surface area contributed by atoms with Crippen LogP contribution in [-0.2, 0) is 6.42 Å². The van der Waals surface area contributed by atoms with Crippen LogP contribution in [0.4, 0.5) is 10.4 Å². The molecule has 0 radical (unpaired) electrons. The Morgan fingerprint density at radius 1 is 1.00 bits per heavy atom. The smallest absolute Gasteiger partial charge is 0.315 e. The minimum atomic E-state index is -0.433. The number of thiazole rings is 1. The standard InChI is InChI=1S/C24H16ClFN4O2S/c25-17-6-1-14(2-7-17)11-12-27-24-30-29-22(32-24)21(31)23-28-19-10-5-16(13-20(19)33-23)15-3-8-18(26)9-4-15/h1-10,13H,11-12H2,(H,27,30). The fourth-order valence-corrected chi connectivity index (χ4v) is 4.35. The lowest BCUT2D eigenvalue weighted by molar-refractivity contribution is 0.100. The first-order chi connectivity index (χ1) is 16.0. The first-order valence-electron chi connectivity index (χ1n) is 10.1. The van der Waals surface area contributed by atoms with E-state index in [0.29, 0.717) is 17.1 Å². The third kappa shape index (κ3) is 4.76. The van der Waals surface area contributed by atoms with Crippen molar-refractivity contribution in [1.29, 1.82) is 0 Å². The highest BCUT2D eigenvalue weighted by molar-refractivity contribution is 7.20. The zero-order chi connectivity index (χ0) is 22.8. The predicted molar refractivity (Wildman–Crippen MR) is 126 cm³/mol. The fraction of sp³-hybridized carbons (Fsp3) is 0.0833. The Balaban J connectivity index is 1.28. The van der Waals surface area contributed by atoms with Gasteiger partial charge in [0.05, 0.1) is 10.2 Å². The van der Waals surface area contributed by atoms with E-state index in [-0.39, 0.29) is 22.7 Å². The minimum Gasteiger partial charge on any atom is -0.400 e. The normalized spacial score (nSPS) is 11.1. The van der Waals surface area contributed by atoms with Gasteiger partial charge in [-0.15, -0.1) is 16.4 Å². The summed E-state index contributed by atoms with van der Waals surface area (Å²) in [7, 11) is 0. The maximum Gasteiger partial charge on any atom is 0.315 e. The molecule has 0 unspecified atom stereocenters. The van der Waals surface area contributed by atoms with Gasteiger partial charge in [-0.25, -0.2) is 9.37 Å². The molecule has 0 saturated heterocycles. The summed E-state index contributed by atoms with van der Waals surface area (Å²) in [5, 5.41) is 11.7. The van der Waals surface area contributed by atoms with Crippen molar-refractivity contribution < 1.29 is 13.6 Å². The number of hydrogen-bond donors (Lipinski definition) is 1. The van der Waals surface area contributed by atoms with Crippen molar-refractivity contribution in [1.82, 2.24) is 15.2 Å². The van der Waals surface area contributed by atoms with Gasteiger partial charge in [0.2, 0.25) is 0 Å². The van der Waals surface area contributed by atoms with Gasteiger partial charge in [0, 0.05) is 11.6 Å². The summed E-state index contributed by atoms with van der Waals surface area (Å²) in [5.41, 5.74) is 3.59. The molecule has 0 bridgehead atoms. The van der Waals surface area contributed by atoms with Crippen LogP contribution in [0.3, 0.4) is 0 Å². The van der Waals surface area contributed by atoms with E-state index in [9.17, 15) is 9.18 Å². The number of carbonyl (C=O) groups is 1. The second-order valence-electron chi connectivity index (χ2n) is 7.25. The molecule has 33 heavy (non-hydrogen) atoms. The molecular formula is C24H16ClFN4O2S. The lowest BCUT2D eigenvalue weighted by atomic mass is 10.1. The number of carbonyl (C=O) groups excluding carboxylic acids is 1. The van der Waals surface area contributed by atoms with E-state index in [4.69, 9.17) is 16.0 Å². The monoisotopic (exact) mass is 478 g/mol. The molecule has 0 aliphatic carbocycles. The van der Waals surface area contributed by atoms with Gasteiger partial charge in [0.25, 0.3) is 11.7 Å². The van der Waals surface area contributed by atoms with Crippen LogP contribution < -0.4 is 5.32 Å². The maximum absolute atomic E-state index is 13.2. The van der Waals surface area contributed by atoms with E-state index in [2.05, 4.69) is 20.5 Å². The average molecular weight is 479 g/mol. The molecule has 0 atom stereocenters. The Hall–Kier alpha value is -3.62.